The van der Waals surface area contributed by atoms with Crippen molar-refractivity contribution in [1.29, 1.82) is 0 Å². The SMILES string of the molecule is O=C(COC(=O)[C@H](Cc1c[nH]c2ccccc12)NC(=O)C12CC3CC(CC(C3)C1)C2)c1ccc(Cl)cc1. The van der Waals surface area contributed by atoms with Gasteiger partial charge in [-0.1, -0.05) is 29.8 Å². The van der Waals surface area contributed by atoms with E-state index in [0.29, 0.717) is 28.3 Å². The number of Topliss-reactive ketones (excluding diaryl/α,β-unsaturated/α-hetero) is 1. The van der Waals surface area contributed by atoms with Gasteiger partial charge in [0.25, 0.3) is 0 Å². The first-order chi connectivity index (χ1) is 17.9. The van der Waals surface area contributed by atoms with Crippen molar-refractivity contribution in [1.82, 2.24) is 10.3 Å². The van der Waals surface area contributed by atoms with E-state index >= 15 is 0 Å². The highest BCUT2D eigenvalue weighted by Crippen LogP contribution is 2.60. The number of carbonyl (C=O) groups is 3. The summed E-state index contributed by atoms with van der Waals surface area (Å²) in [4.78, 5) is 43.0. The van der Waals surface area contributed by atoms with Crippen molar-refractivity contribution < 1.29 is 19.1 Å². The minimum absolute atomic E-state index is 0.0302. The number of esters is 1. The van der Waals surface area contributed by atoms with Crippen molar-refractivity contribution in [3.05, 3.63) is 70.9 Å². The zero-order valence-electron chi connectivity index (χ0n) is 20.7. The summed E-state index contributed by atoms with van der Waals surface area (Å²) in [5.41, 5.74) is 1.93. The Morgan fingerprint density at radius 2 is 1.62 bits per heavy atom. The lowest BCUT2D eigenvalue weighted by molar-refractivity contribution is -0.153. The first-order valence-electron chi connectivity index (χ1n) is 13.2. The summed E-state index contributed by atoms with van der Waals surface area (Å²) in [6.07, 6.45) is 8.61. The predicted octanol–water partition coefficient (Wildman–Crippen LogP) is 5.49. The second-order valence-corrected chi connectivity index (χ2v) is 11.8. The molecule has 4 saturated carbocycles. The molecule has 0 radical (unpaired) electrons. The zero-order valence-corrected chi connectivity index (χ0v) is 21.4. The van der Waals surface area contributed by atoms with Gasteiger partial charge >= 0.3 is 5.97 Å². The Balaban J connectivity index is 1.20. The van der Waals surface area contributed by atoms with Gasteiger partial charge in [-0.3, -0.25) is 9.59 Å². The molecule has 4 aliphatic rings. The molecule has 1 atom stereocenters. The molecular weight excluding hydrogens is 488 g/mol. The monoisotopic (exact) mass is 518 g/mol. The molecule has 4 aliphatic carbocycles. The molecule has 2 aromatic carbocycles. The molecule has 4 bridgehead atoms. The van der Waals surface area contributed by atoms with E-state index in [4.69, 9.17) is 16.3 Å². The van der Waals surface area contributed by atoms with Crippen LogP contribution in [0.3, 0.4) is 0 Å². The average molecular weight is 519 g/mol. The van der Waals surface area contributed by atoms with Crippen LogP contribution in [-0.4, -0.2) is 35.3 Å². The highest BCUT2D eigenvalue weighted by Gasteiger charge is 2.55. The summed E-state index contributed by atoms with van der Waals surface area (Å²) in [5, 5.41) is 4.62. The van der Waals surface area contributed by atoms with Crippen molar-refractivity contribution >= 4 is 40.2 Å². The maximum atomic E-state index is 13.8. The van der Waals surface area contributed by atoms with E-state index in [0.717, 1.165) is 35.7 Å². The number of nitrogens with one attached hydrogen (secondary N) is 2. The third-order valence-corrected chi connectivity index (χ3v) is 8.97. The number of rotatable bonds is 8. The third-order valence-electron chi connectivity index (χ3n) is 8.72. The number of fused-ring (bicyclic) bond motifs is 1. The fraction of sp³-hybridized carbons (Fsp3) is 0.433. The maximum absolute atomic E-state index is 13.8. The molecule has 1 aromatic heterocycles. The van der Waals surface area contributed by atoms with Crippen LogP contribution in [0.2, 0.25) is 5.02 Å². The van der Waals surface area contributed by atoms with Crippen LogP contribution in [0.1, 0.15) is 54.4 Å². The summed E-state index contributed by atoms with van der Waals surface area (Å²) >= 11 is 5.92. The van der Waals surface area contributed by atoms with Gasteiger partial charge in [0.15, 0.2) is 12.4 Å². The highest BCUT2D eigenvalue weighted by molar-refractivity contribution is 6.30. The summed E-state index contributed by atoms with van der Waals surface area (Å²) in [5.74, 6) is 0.917. The number of aromatic nitrogens is 1. The number of hydrogen-bond acceptors (Lipinski definition) is 4. The number of amides is 1. The van der Waals surface area contributed by atoms with E-state index in [1.807, 2.05) is 30.5 Å². The first-order valence-corrected chi connectivity index (χ1v) is 13.6. The van der Waals surface area contributed by atoms with Crippen LogP contribution >= 0.6 is 11.6 Å². The Morgan fingerprint density at radius 3 is 2.30 bits per heavy atom. The Kier molecular flexibility index (Phi) is 6.31. The Morgan fingerprint density at radius 1 is 0.973 bits per heavy atom. The highest BCUT2D eigenvalue weighted by atomic mass is 35.5. The molecule has 3 aromatic rings. The second kappa shape index (κ2) is 9.64. The Bertz CT molecular complexity index is 1310. The van der Waals surface area contributed by atoms with Gasteiger partial charge in [-0.05, 0) is 92.2 Å². The quantitative estimate of drug-likeness (QED) is 0.305. The number of ketones is 1. The summed E-state index contributed by atoms with van der Waals surface area (Å²) in [6.45, 7) is -0.391. The van der Waals surface area contributed by atoms with Crippen LogP contribution < -0.4 is 5.32 Å². The fourth-order valence-electron chi connectivity index (χ4n) is 7.37. The van der Waals surface area contributed by atoms with E-state index in [9.17, 15) is 14.4 Å². The van der Waals surface area contributed by atoms with Crippen LogP contribution in [0.25, 0.3) is 10.9 Å². The zero-order chi connectivity index (χ0) is 25.6. The molecule has 7 rings (SSSR count). The molecule has 1 amide bonds. The second-order valence-electron chi connectivity index (χ2n) is 11.3. The van der Waals surface area contributed by atoms with E-state index in [2.05, 4.69) is 10.3 Å². The van der Waals surface area contributed by atoms with Gasteiger partial charge in [0.05, 0.1) is 0 Å². The molecule has 0 unspecified atom stereocenters. The van der Waals surface area contributed by atoms with Crippen molar-refractivity contribution in [2.75, 3.05) is 6.61 Å². The first kappa shape index (κ1) is 24.2. The molecule has 4 fully saturated rings. The summed E-state index contributed by atoms with van der Waals surface area (Å²) in [7, 11) is 0. The molecule has 37 heavy (non-hydrogen) atoms. The molecule has 0 saturated heterocycles. The van der Waals surface area contributed by atoms with E-state index in [-0.39, 0.29) is 23.5 Å². The number of aromatic amines is 1. The Hall–Kier alpha value is -3.12. The number of hydrogen-bond donors (Lipinski definition) is 2. The van der Waals surface area contributed by atoms with Gasteiger partial charge in [0.1, 0.15) is 6.04 Å². The number of ether oxygens (including phenoxy) is 1. The third kappa shape index (κ3) is 4.79. The molecular formula is C30H31ClN2O4. The minimum Gasteiger partial charge on any atom is -0.456 e. The van der Waals surface area contributed by atoms with E-state index in [1.54, 1.807) is 24.3 Å². The lowest BCUT2D eigenvalue weighted by atomic mass is 9.49. The number of H-pyrrole nitrogens is 1. The van der Waals surface area contributed by atoms with E-state index < -0.39 is 18.6 Å². The average Bonchev–Trinajstić information content (AvgIpc) is 3.29. The van der Waals surface area contributed by atoms with Gasteiger partial charge in [0, 0.05) is 39.5 Å². The van der Waals surface area contributed by atoms with Gasteiger partial charge in [-0.2, -0.15) is 0 Å². The smallest absolute Gasteiger partial charge is 0.329 e. The van der Waals surface area contributed by atoms with Crippen LogP contribution in [0.4, 0.5) is 0 Å². The lowest BCUT2D eigenvalue weighted by Crippen LogP contribution is -2.56. The van der Waals surface area contributed by atoms with Crippen LogP contribution in [-0.2, 0) is 20.7 Å². The van der Waals surface area contributed by atoms with Crippen molar-refractivity contribution in [2.24, 2.45) is 23.2 Å². The van der Waals surface area contributed by atoms with Gasteiger partial charge in [-0.15, -0.1) is 0 Å². The number of para-hydroxylation sites is 1. The normalized spacial score (nSPS) is 26.7. The maximum Gasteiger partial charge on any atom is 0.329 e. The largest absolute Gasteiger partial charge is 0.456 e. The van der Waals surface area contributed by atoms with Gasteiger partial charge in [0.2, 0.25) is 5.91 Å². The fourth-order valence-corrected chi connectivity index (χ4v) is 7.50. The van der Waals surface area contributed by atoms with E-state index in [1.165, 1.54) is 19.3 Å². The summed E-state index contributed by atoms with van der Waals surface area (Å²) in [6, 6.07) is 13.5. The molecule has 192 valence electrons. The van der Waals surface area contributed by atoms with Crippen LogP contribution in [0.15, 0.2) is 54.7 Å². The number of halogens is 1. The van der Waals surface area contributed by atoms with Crippen molar-refractivity contribution in [2.45, 2.75) is 51.0 Å². The van der Waals surface area contributed by atoms with Crippen LogP contribution in [0, 0.1) is 23.2 Å². The molecule has 1 heterocycles. The molecule has 7 heteroatoms. The molecule has 0 spiro atoms. The molecule has 0 aliphatic heterocycles. The molecule has 2 N–H and O–H groups in total. The topological polar surface area (TPSA) is 88.3 Å². The van der Waals surface area contributed by atoms with Crippen molar-refractivity contribution in [3.63, 3.8) is 0 Å². The van der Waals surface area contributed by atoms with Gasteiger partial charge < -0.3 is 15.0 Å². The van der Waals surface area contributed by atoms with Crippen LogP contribution in [0.5, 0.6) is 0 Å². The standard InChI is InChI=1S/C30H31ClN2O4/c31-23-7-5-21(6-8-23)27(34)17-37-28(35)26(12-22-16-32-25-4-2-1-3-24(22)25)33-29(36)30-13-18-9-19(14-30)11-20(10-18)15-30/h1-8,16,18-20,26,32H,9-15,17H2,(H,33,36)/t18?,19?,20?,26-,30?/m0/s1. The predicted molar refractivity (Wildman–Crippen MR) is 141 cm³/mol. The number of carbonyl (C=O) groups excluding carboxylic acids is 3. The minimum atomic E-state index is -0.877. The van der Waals surface area contributed by atoms with Gasteiger partial charge in [-0.25, -0.2) is 4.79 Å². The Labute approximate surface area is 221 Å². The summed E-state index contributed by atoms with van der Waals surface area (Å²) < 4.78 is 5.48. The molecule has 6 nitrogen and oxygen atoms in total. The van der Waals surface area contributed by atoms with Crippen molar-refractivity contribution in [3.8, 4) is 0 Å². The lowest BCUT2D eigenvalue weighted by Gasteiger charge is -2.55. The number of benzene rings is 2.